The van der Waals surface area contributed by atoms with Crippen molar-refractivity contribution >= 4 is 11.8 Å². The van der Waals surface area contributed by atoms with Crippen LogP contribution < -0.4 is 10.1 Å². The monoisotopic (exact) mass is 589 g/mol. The molecular weight excluding hydrogens is 538 g/mol. The molecule has 7 nitrogen and oxygen atoms in total. The number of nitrogens with one attached hydrogen (secondary N) is 1. The van der Waals surface area contributed by atoms with Crippen LogP contribution in [-0.2, 0) is 21.5 Å². The predicted molar refractivity (Wildman–Crippen MR) is 170 cm³/mol. The second-order valence-electron chi connectivity index (χ2n) is 14.0. The van der Waals surface area contributed by atoms with Crippen LogP contribution in [-0.4, -0.2) is 64.0 Å². The van der Waals surface area contributed by atoms with Gasteiger partial charge in [-0.2, -0.15) is 0 Å². The van der Waals surface area contributed by atoms with Crippen LogP contribution in [0.1, 0.15) is 96.6 Å². The molecule has 43 heavy (non-hydrogen) atoms. The number of carbonyl (C=O) groups excluding carboxylic acids is 2. The maximum Gasteiger partial charge on any atom is 0.248 e. The van der Waals surface area contributed by atoms with E-state index in [1.165, 1.54) is 17.5 Å². The summed E-state index contributed by atoms with van der Waals surface area (Å²) in [6.45, 7) is 11.5. The number of rotatable bonds is 9. The number of hydrogen-bond acceptors (Lipinski definition) is 5. The van der Waals surface area contributed by atoms with Gasteiger partial charge in [0.05, 0.1) is 6.10 Å². The number of nitrogens with zero attached hydrogens (tertiary/aromatic N) is 2. The Bertz CT molecular complexity index is 1220. The van der Waals surface area contributed by atoms with Crippen LogP contribution in [0, 0.1) is 5.92 Å². The third-order valence-corrected chi connectivity index (χ3v) is 9.94. The molecule has 1 saturated carbocycles. The van der Waals surface area contributed by atoms with Crippen molar-refractivity contribution in [2.75, 3.05) is 19.6 Å². The van der Waals surface area contributed by atoms with E-state index in [2.05, 4.69) is 62.2 Å². The van der Waals surface area contributed by atoms with E-state index in [1.54, 1.807) is 0 Å². The standard InChI is InChI=1S/C36H51N3O4/c1-5-6-22-39-33(41)31(32(40)27-10-8-7-9-11-27)37-34(42)36(39)20-23-38(24-21-36)25-26-12-16-29(17-13-26)43-30-18-14-28(15-19-30)35(2,3)4/h12-19,27,31-32,40H,5-11,20-25H2,1-4H3,(H,37,42)/t31-,32-/m1/s1. The van der Waals surface area contributed by atoms with Crippen molar-refractivity contribution in [2.24, 2.45) is 5.92 Å². The Morgan fingerprint density at radius 1 is 0.953 bits per heavy atom. The minimum absolute atomic E-state index is 0.0812. The molecule has 0 bridgehead atoms. The molecule has 2 amide bonds. The van der Waals surface area contributed by atoms with E-state index in [-0.39, 0.29) is 23.1 Å². The summed E-state index contributed by atoms with van der Waals surface area (Å²) in [5.74, 6) is 1.53. The highest BCUT2D eigenvalue weighted by Crippen LogP contribution is 2.37. The van der Waals surface area contributed by atoms with Crippen LogP contribution in [0.25, 0.3) is 0 Å². The van der Waals surface area contributed by atoms with E-state index in [9.17, 15) is 14.7 Å². The number of hydrogen-bond donors (Lipinski definition) is 2. The predicted octanol–water partition coefficient (Wildman–Crippen LogP) is 6.18. The SMILES string of the molecule is CCCCN1C(=O)[C@@H]([C@H](O)C2CCCCC2)NC(=O)C12CCN(Cc1ccc(Oc3ccc(C(C)(C)C)cc3)cc1)CC2. The Labute approximate surface area is 258 Å². The summed E-state index contributed by atoms with van der Waals surface area (Å²) in [5, 5.41) is 14.2. The molecular formula is C36H51N3O4. The molecule has 2 N–H and O–H groups in total. The lowest BCUT2D eigenvalue weighted by Crippen LogP contribution is -2.75. The number of benzene rings is 2. The Morgan fingerprint density at radius 3 is 2.14 bits per heavy atom. The number of carbonyl (C=O) groups is 2. The molecule has 2 aromatic rings. The molecule has 5 rings (SSSR count). The maximum absolute atomic E-state index is 13.9. The number of ether oxygens (including phenoxy) is 1. The van der Waals surface area contributed by atoms with Gasteiger partial charge in [-0.15, -0.1) is 0 Å². The number of aliphatic hydroxyl groups excluding tert-OH is 1. The number of amides is 2. The molecule has 0 aromatic heterocycles. The van der Waals surface area contributed by atoms with Crippen molar-refractivity contribution in [2.45, 2.75) is 115 Å². The van der Waals surface area contributed by atoms with Crippen LogP contribution >= 0.6 is 0 Å². The lowest BCUT2D eigenvalue weighted by molar-refractivity contribution is -0.166. The number of unbranched alkanes of at least 4 members (excludes halogenated alkanes) is 1. The van der Waals surface area contributed by atoms with Crippen LogP contribution in [0.5, 0.6) is 11.5 Å². The fourth-order valence-corrected chi connectivity index (χ4v) is 7.12. The van der Waals surface area contributed by atoms with E-state index in [0.29, 0.717) is 19.4 Å². The van der Waals surface area contributed by atoms with Gasteiger partial charge in [0, 0.05) is 26.2 Å². The Balaban J connectivity index is 1.19. The summed E-state index contributed by atoms with van der Waals surface area (Å²) < 4.78 is 6.08. The number of piperidine rings is 1. The number of likely N-dealkylation sites (tertiary alicyclic amines) is 1. The second kappa shape index (κ2) is 13.4. The lowest BCUT2D eigenvalue weighted by Gasteiger charge is -2.52. The van der Waals surface area contributed by atoms with Crippen LogP contribution in [0.15, 0.2) is 48.5 Å². The van der Waals surface area contributed by atoms with E-state index < -0.39 is 17.7 Å². The first kappa shape index (κ1) is 31.5. The summed E-state index contributed by atoms with van der Waals surface area (Å²) in [5.41, 5.74) is 1.75. The van der Waals surface area contributed by atoms with E-state index in [0.717, 1.165) is 69.7 Å². The van der Waals surface area contributed by atoms with Gasteiger partial charge < -0.3 is 20.1 Å². The van der Waals surface area contributed by atoms with Gasteiger partial charge in [-0.1, -0.05) is 77.6 Å². The van der Waals surface area contributed by atoms with Gasteiger partial charge in [-0.05, 0) is 78.8 Å². The first-order valence-corrected chi connectivity index (χ1v) is 16.5. The first-order valence-electron chi connectivity index (χ1n) is 16.5. The van der Waals surface area contributed by atoms with Crippen molar-refractivity contribution in [1.29, 1.82) is 0 Å². The van der Waals surface area contributed by atoms with Gasteiger partial charge in [0.1, 0.15) is 23.1 Å². The quantitative estimate of drug-likeness (QED) is 0.365. The number of piperazine rings is 1. The Hall–Kier alpha value is -2.90. The first-order chi connectivity index (χ1) is 20.6. The van der Waals surface area contributed by atoms with Gasteiger partial charge in [-0.3, -0.25) is 14.5 Å². The van der Waals surface area contributed by atoms with E-state index in [4.69, 9.17) is 4.74 Å². The summed E-state index contributed by atoms with van der Waals surface area (Å²) in [6.07, 6.45) is 7.39. The molecule has 3 aliphatic rings. The molecule has 2 heterocycles. The summed E-state index contributed by atoms with van der Waals surface area (Å²) in [4.78, 5) is 31.8. The summed E-state index contributed by atoms with van der Waals surface area (Å²) in [7, 11) is 0. The molecule has 2 aromatic carbocycles. The average Bonchev–Trinajstić information content (AvgIpc) is 3.01. The van der Waals surface area contributed by atoms with Crippen molar-refractivity contribution in [3.63, 3.8) is 0 Å². The van der Waals surface area contributed by atoms with Crippen molar-refractivity contribution in [1.82, 2.24) is 15.1 Å². The largest absolute Gasteiger partial charge is 0.457 e. The van der Waals surface area contributed by atoms with Crippen LogP contribution in [0.3, 0.4) is 0 Å². The van der Waals surface area contributed by atoms with Gasteiger partial charge in [0.15, 0.2) is 0 Å². The fourth-order valence-electron chi connectivity index (χ4n) is 7.12. The van der Waals surface area contributed by atoms with Gasteiger partial charge in [-0.25, -0.2) is 0 Å². The minimum Gasteiger partial charge on any atom is -0.457 e. The van der Waals surface area contributed by atoms with E-state index in [1.807, 2.05) is 29.2 Å². The molecule has 0 radical (unpaired) electrons. The summed E-state index contributed by atoms with van der Waals surface area (Å²) >= 11 is 0. The summed E-state index contributed by atoms with van der Waals surface area (Å²) in [6, 6.07) is 15.7. The highest BCUT2D eigenvalue weighted by atomic mass is 16.5. The average molecular weight is 590 g/mol. The molecule has 234 valence electrons. The molecule has 2 aliphatic heterocycles. The zero-order valence-corrected chi connectivity index (χ0v) is 26.6. The fraction of sp³-hybridized carbons (Fsp3) is 0.611. The molecule has 3 fully saturated rings. The lowest BCUT2D eigenvalue weighted by atomic mass is 9.78. The van der Waals surface area contributed by atoms with Crippen molar-refractivity contribution in [3.05, 3.63) is 59.7 Å². The van der Waals surface area contributed by atoms with Crippen molar-refractivity contribution in [3.8, 4) is 11.5 Å². The van der Waals surface area contributed by atoms with Crippen molar-refractivity contribution < 1.29 is 19.4 Å². The zero-order valence-electron chi connectivity index (χ0n) is 26.6. The second-order valence-corrected chi connectivity index (χ2v) is 14.0. The van der Waals surface area contributed by atoms with E-state index >= 15 is 0 Å². The Kier molecular flexibility index (Phi) is 9.82. The third-order valence-electron chi connectivity index (χ3n) is 9.94. The van der Waals surface area contributed by atoms with Gasteiger partial charge in [0.25, 0.3) is 0 Å². The zero-order chi connectivity index (χ0) is 30.6. The van der Waals surface area contributed by atoms with Gasteiger partial charge in [0.2, 0.25) is 11.8 Å². The normalized spacial score (nSPS) is 22.4. The highest BCUT2D eigenvalue weighted by molar-refractivity contribution is 6.00. The molecule has 2 saturated heterocycles. The third kappa shape index (κ3) is 7.09. The molecule has 0 unspecified atom stereocenters. The molecule has 1 spiro atoms. The minimum atomic E-state index is -0.828. The molecule has 2 atom stereocenters. The van der Waals surface area contributed by atoms with Crippen LogP contribution in [0.2, 0.25) is 0 Å². The highest BCUT2D eigenvalue weighted by Gasteiger charge is 2.55. The molecule has 1 aliphatic carbocycles. The topological polar surface area (TPSA) is 82.1 Å². The Morgan fingerprint density at radius 2 is 1.56 bits per heavy atom. The van der Waals surface area contributed by atoms with Crippen LogP contribution in [0.4, 0.5) is 0 Å². The smallest absolute Gasteiger partial charge is 0.248 e. The molecule has 7 heteroatoms. The maximum atomic E-state index is 13.9. The van der Waals surface area contributed by atoms with Gasteiger partial charge >= 0.3 is 0 Å². The number of aliphatic hydroxyl groups is 1.